The second kappa shape index (κ2) is 8.53. The lowest BCUT2D eigenvalue weighted by atomic mass is 10.2. The Balaban J connectivity index is 1.32. The van der Waals surface area contributed by atoms with E-state index < -0.39 is 0 Å². The number of hydrogen-bond donors (Lipinski definition) is 1. The van der Waals surface area contributed by atoms with Gasteiger partial charge in [0.1, 0.15) is 0 Å². The number of rotatable bonds is 5. The summed E-state index contributed by atoms with van der Waals surface area (Å²) in [6.07, 6.45) is 2.32. The number of benzene rings is 2. The van der Waals surface area contributed by atoms with Crippen molar-refractivity contribution >= 4 is 33.6 Å². The van der Waals surface area contributed by atoms with Gasteiger partial charge in [-0.15, -0.1) is 11.3 Å². The summed E-state index contributed by atoms with van der Waals surface area (Å²) in [5, 5.41) is 5.15. The van der Waals surface area contributed by atoms with Crippen LogP contribution in [-0.2, 0) is 11.2 Å². The molecule has 5 rings (SSSR count). The number of fused-ring (bicyclic) bond motifs is 1. The van der Waals surface area contributed by atoms with Gasteiger partial charge in [0, 0.05) is 49.0 Å². The minimum absolute atomic E-state index is 0.0174. The predicted octanol–water partition coefficient (Wildman–Crippen LogP) is 4.00. The fraction of sp³-hybridized carbons (Fsp3) is 0.250. The Morgan fingerprint density at radius 3 is 2.58 bits per heavy atom. The van der Waals surface area contributed by atoms with E-state index in [1.807, 2.05) is 64.5 Å². The Morgan fingerprint density at radius 1 is 1.03 bits per heavy atom. The number of nitrogens with zero attached hydrogens (tertiary/aromatic N) is 4. The van der Waals surface area contributed by atoms with Crippen molar-refractivity contribution in [1.82, 2.24) is 14.3 Å². The normalized spacial score (nSPS) is 14.8. The fourth-order valence-electron chi connectivity index (χ4n) is 3.97. The molecular weight excluding hydrogens is 406 g/mol. The smallest absolute Gasteiger partial charge is 0.230 e. The van der Waals surface area contributed by atoms with E-state index in [1.165, 1.54) is 0 Å². The highest BCUT2D eigenvalue weighted by molar-refractivity contribution is 7.15. The van der Waals surface area contributed by atoms with Crippen molar-refractivity contribution in [3.63, 3.8) is 0 Å². The van der Waals surface area contributed by atoms with Gasteiger partial charge in [0.15, 0.2) is 4.96 Å². The third-order valence-corrected chi connectivity index (χ3v) is 6.61. The summed E-state index contributed by atoms with van der Waals surface area (Å²) in [4.78, 5) is 23.2. The Bertz CT molecular complexity index is 1190. The van der Waals surface area contributed by atoms with Crippen LogP contribution in [0.3, 0.4) is 0 Å². The lowest BCUT2D eigenvalue weighted by Gasteiger charge is -2.35. The molecule has 1 N–H and O–H groups in total. The number of likely N-dealkylation sites (N-methyl/N-ethyl adjacent to an activating group) is 1. The topological polar surface area (TPSA) is 52.9 Å². The van der Waals surface area contributed by atoms with Crippen LogP contribution in [0.25, 0.3) is 16.2 Å². The number of carbonyl (C=O) groups is 1. The summed E-state index contributed by atoms with van der Waals surface area (Å²) in [5.41, 5.74) is 4.92. The van der Waals surface area contributed by atoms with Gasteiger partial charge in [0.25, 0.3) is 0 Å². The summed E-state index contributed by atoms with van der Waals surface area (Å²) in [6, 6.07) is 18.2. The van der Waals surface area contributed by atoms with Crippen LogP contribution in [-0.4, -0.2) is 53.4 Å². The van der Waals surface area contributed by atoms with E-state index >= 15 is 0 Å². The average molecular weight is 432 g/mol. The molecule has 1 aliphatic rings. The van der Waals surface area contributed by atoms with Crippen molar-refractivity contribution in [2.75, 3.05) is 43.4 Å². The van der Waals surface area contributed by atoms with Crippen LogP contribution in [0.15, 0.2) is 66.2 Å². The Kier molecular flexibility index (Phi) is 5.44. The summed E-state index contributed by atoms with van der Waals surface area (Å²) in [5.74, 6) is -0.0174. The monoisotopic (exact) mass is 431 g/mol. The molecule has 0 aliphatic carbocycles. The van der Waals surface area contributed by atoms with Crippen molar-refractivity contribution in [2.24, 2.45) is 0 Å². The Morgan fingerprint density at radius 2 is 1.77 bits per heavy atom. The number of anilines is 2. The second-order valence-corrected chi connectivity index (χ2v) is 8.74. The molecule has 1 fully saturated rings. The Hall–Kier alpha value is -3.16. The first-order valence-electron chi connectivity index (χ1n) is 10.5. The average Bonchev–Trinajstić information content (AvgIpc) is 3.37. The number of para-hydroxylation sites is 2. The van der Waals surface area contributed by atoms with Gasteiger partial charge in [-0.05, 0) is 19.2 Å². The third-order valence-electron chi connectivity index (χ3n) is 5.72. The zero-order valence-electron chi connectivity index (χ0n) is 17.5. The third kappa shape index (κ3) is 4.19. The molecule has 158 valence electrons. The Labute approximate surface area is 185 Å². The molecule has 4 aromatic rings. The first kappa shape index (κ1) is 19.8. The molecule has 1 amide bonds. The summed E-state index contributed by atoms with van der Waals surface area (Å²) in [7, 11) is 2.14. The molecule has 1 saturated heterocycles. The van der Waals surface area contributed by atoms with E-state index in [-0.39, 0.29) is 5.91 Å². The van der Waals surface area contributed by atoms with E-state index in [9.17, 15) is 4.79 Å². The lowest BCUT2D eigenvalue weighted by molar-refractivity contribution is -0.115. The zero-order chi connectivity index (χ0) is 21.2. The van der Waals surface area contributed by atoms with Crippen LogP contribution in [0.1, 0.15) is 5.69 Å². The molecule has 3 heterocycles. The number of piperazine rings is 1. The van der Waals surface area contributed by atoms with E-state index in [0.717, 1.165) is 59.5 Å². The highest BCUT2D eigenvalue weighted by Crippen LogP contribution is 2.27. The van der Waals surface area contributed by atoms with Crippen LogP contribution >= 0.6 is 11.3 Å². The molecule has 31 heavy (non-hydrogen) atoms. The maximum absolute atomic E-state index is 12.9. The molecule has 2 aromatic heterocycles. The van der Waals surface area contributed by atoms with E-state index in [0.29, 0.717) is 6.42 Å². The molecule has 0 saturated carbocycles. The molecule has 0 spiro atoms. The molecule has 1 aliphatic heterocycles. The number of hydrogen-bond acceptors (Lipinski definition) is 5. The summed E-state index contributed by atoms with van der Waals surface area (Å²) < 4.78 is 2.03. The second-order valence-electron chi connectivity index (χ2n) is 7.90. The first-order chi connectivity index (χ1) is 15.2. The van der Waals surface area contributed by atoms with Gasteiger partial charge in [-0.3, -0.25) is 9.20 Å². The van der Waals surface area contributed by atoms with Gasteiger partial charge >= 0.3 is 0 Å². The lowest BCUT2D eigenvalue weighted by Crippen LogP contribution is -2.44. The van der Waals surface area contributed by atoms with Gasteiger partial charge in [0.2, 0.25) is 5.91 Å². The summed E-state index contributed by atoms with van der Waals surface area (Å²) in [6.45, 7) is 3.98. The van der Waals surface area contributed by atoms with Gasteiger partial charge in [-0.25, -0.2) is 4.98 Å². The number of amides is 1. The SMILES string of the molecule is CN1CCN(c2ccccc2NC(=O)Cc2csc3nc(-c4ccccc4)cn23)CC1. The molecule has 6 nitrogen and oxygen atoms in total. The van der Waals surface area contributed by atoms with E-state index in [4.69, 9.17) is 4.98 Å². The molecule has 0 unspecified atom stereocenters. The minimum Gasteiger partial charge on any atom is -0.367 e. The first-order valence-corrected chi connectivity index (χ1v) is 11.4. The van der Waals surface area contributed by atoms with Crippen LogP contribution in [0.4, 0.5) is 11.4 Å². The number of aromatic nitrogens is 2. The van der Waals surface area contributed by atoms with E-state index in [2.05, 4.69) is 28.2 Å². The van der Waals surface area contributed by atoms with Crippen LogP contribution < -0.4 is 10.2 Å². The summed E-state index contributed by atoms with van der Waals surface area (Å²) >= 11 is 1.56. The highest BCUT2D eigenvalue weighted by Gasteiger charge is 2.18. The molecule has 7 heteroatoms. The number of imidazole rings is 1. The van der Waals surface area contributed by atoms with Gasteiger partial charge < -0.3 is 15.1 Å². The molecule has 2 aromatic carbocycles. The zero-order valence-corrected chi connectivity index (χ0v) is 18.3. The predicted molar refractivity (Wildman–Crippen MR) is 127 cm³/mol. The van der Waals surface area contributed by atoms with Gasteiger partial charge in [-0.1, -0.05) is 42.5 Å². The van der Waals surface area contributed by atoms with Gasteiger partial charge in [0.05, 0.1) is 23.5 Å². The van der Waals surface area contributed by atoms with Crippen LogP contribution in [0, 0.1) is 0 Å². The largest absolute Gasteiger partial charge is 0.367 e. The number of carbonyl (C=O) groups excluding carboxylic acids is 1. The van der Waals surface area contributed by atoms with Crippen molar-refractivity contribution in [3.05, 3.63) is 71.9 Å². The molecular formula is C24H25N5OS. The molecule has 0 bridgehead atoms. The molecule has 0 radical (unpaired) electrons. The van der Waals surface area contributed by atoms with E-state index in [1.54, 1.807) is 11.3 Å². The maximum Gasteiger partial charge on any atom is 0.230 e. The van der Waals surface area contributed by atoms with Crippen molar-refractivity contribution < 1.29 is 4.79 Å². The van der Waals surface area contributed by atoms with Crippen molar-refractivity contribution in [1.29, 1.82) is 0 Å². The quantitative estimate of drug-likeness (QED) is 0.519. The van der Waals surface area contributed by atoms with Crippen LogP contribution in [0.5, 0.6) is 0 Å². The van der Waals surface area contributed by atoms with Gasteiger partial charge in [-0.2, -0.15) is 0 Å². The van der Waals surface area contributed by atoms with Crippen LogP contribution in [0.2, 0.25) is 0 Å². The fourth-order valence-corrected chi connectivity index (χ4v) is 4.84. The minimum atomic E-state index is -0.0174. The maximum atomic E-state index is 12.9. The van der Waals surface area contributed by atoms with Crippen molar-refractivity contribution in [2.45, 2.75) is 6.42 Å². The number of thiazole rings is 1. The molecule has 0 atom stereocenters. The highest BCUT2D eigenvalue weighted by atomic mass is 32.1. The standard InChI is InChI=1S/C24H25N5OS/c1-27-11-13-28(14-12-27)22-10-6-5-9-20(22)25-23(30)15-19-17-31-24-26-21(16-29(19)24)18-7-3-2-4-8-18/h2-10,16-17H,11-15H2,1H3,(H,25,30). The number of nitrogens with one attached hydrogen (secondary N) is 1. The van der Waals surface area contributed by atoms with Crippen molar-refractivity contribution in [3.8, 4) is 11.3 Å².